The van der Waals surface area contributed by atoms with Crippen molar-refractivity contribution in [3.63, 3.8) is 0 Å². The van der Waals surface area contributed by atoms with Crippen LogP contribution in [0.4, 0.5) is 0 Å². The van der Waals surface area contributed by atoms with Gasteiger partial charge in [-0.05, 0) is 31.2 Å². The van der Waals surface area contributed by atoms with E-state index < -0.39 is 0 Å². The van der Waals surface area contributed by atoms with Gasteiger partial charge in [-0.25, -0.2) is 9.97 Å². The van der Waals surface area contributed by atoms with Crippen molar-refractivity contribution in [2.75, 3.05) is 0 Å². The summed E-state index contributed by atoms with van der Waals surface area (Å²) < 4.78 is 2.17. The van der Waals surface area contributed by atoms with Crippen LogP contribution in [0.5, 0.6) is 0 Å². The zero-order valence-electron chi connectivity index (χ0n) is 11.3. The second kappa shape index (κ2) is 4.15. The Morgan fingerprint density at radius 1 is 1.15 bits per heavy atom. The van der Waals surface area contributed by atoms with Gasteiger partial charge < -0.3 is 4.57 Å². The fourth-order valence-corrected chi connectivity index (χ4v) is 3.60. The van der Waals surface area contributed by atoms with E-state index >= 15 is 0 Å². The van der Waals surface area contributed by atoms with E-state index in [2.05, 4.69) is 59.0 Å². The average Bonchev–Trinajstić information content (AvgIpc) is 3.05. The highest BCUT2D eigenvalue weighted by atomic mass is 32.1. The minimum absolute atomic E-state index is 1.000. The Labute approximate surface area is 120 Å². The predicted molar refractivity (Wildman–Crippen MR) is 84.1 cm³/mol. The number of benzene rings is 1. The monoisotopic (exact) mass is 279 g/mol. The summed E-state index contributed by atoms with van der Waals surface area (Å²) in [6, 6.07) is 8.67. The fourth-order valence-electron chi connectivity index (χ4n) is 2.72. The van der Waals surface area contributed by atoms with E-state index in [-0.39, 0.29) is 0 Å². The molecule has 0 aliphatic rings. The van der Waals surface area contributed by atoms with Crippen LogP contribution in [0.2, 0.25) is 0 Å². The minimum Gasteiger partial charge on any atom is -0.350 e. The fraction of sp³-hybridized carbons (Fsp3) is 0.125. The molecule has 1 aromatic carbocycles. The Kier molecular flexibility index (Phi) is 2.41. The van der Waals surface area contributed by atoms with Crippen molar-refractivity contribution in [1.29, 1.82) is 0 Å². The zero-order chi connectivity index (χ0) is 13.7. The Bertz CT molecular complexity index is 933. The summed E-state index contributed by atoms with van der Waals surface area (Å²) in [7, 11) is 2.09. The highest BCUT2D eigenvalue weighted by Crippen LogP contribution is 2.37. The molecule has 20 heavy (non-hydrogen) atoms. The van der Waals surface area contributed by atoms with E-state index in [0.717, 1.165) is 10.9 Å². The molecule has 0 saturated heterocycles. The van der Waals surface area contributed by atoms with Crippen LogP contribution >= 0.6 is 11.3 Å². The number of fused-ring (bicyclic) bond motifs is 3. The Hall–Kier alpha value is -2.20. The molecule has 4 heteroatoms. The molecule has 0 N–H and O–H groups in total. The first-order valence-electron chi connectivity index (χ1n) is 6.48. The number of hydrogen-bond acceptors (Lipinski definition) is 3. The molecule has 3 aromatic heterocycles. The van der Waals surface area contributed by atoms with Gasteiger partial charge in [0.25, 0.3) is 0 Å². The Morgan fingerprint density at radius 3 is 2.85 bits per heavy atom. The van der Waals surface area contributed by atoms with Crippen molar-refractivity contribution >= 4 is 33.1 Å². The standard InChI is InChI=1S/C16H13N3S/c1-10-3-4-15(20-10)12-7-14-13(8-17-9-18-14)11-5-6-19(2)16(11)12/h3-9H,1-2H3. The van der Waals surface area contributed by atoms with Crippen LogP contribution in [0.1, 0.15) is 4.88 Å². The molecule has 0 atom stereocenters. The topological polar surface area (TPSA) is 30.7 Å². The molecule has 0 aliphatic carbocycles. The summed E-state index contributed by atoms with van der Waals surface area (Å²) in [4.78, 5) is 11.2. The van der Waals surface area contributed by atoms with E-state index in [1.807, 2.05) is 17.5 Å². The Balaban J connectivity index is 2.19. The first-order chi connectivity index (χ1) is 9.74. The normalized spacial score (nSPS) is 11.5. The molecule has 0 unspecified atom stereocenters. The average molecular weight is 279 g/mol. The van der Waals surface area contributed by atoms with Crippen LogP contribution < -0.4 is 0 Å². The number of aryl methyl sites for hydroxylation is 2. The molecular formula is C16H13N3S. The molecule has 0 saturated carbocycles. The highest BCUT2D eigenvalue weighted by molar-refractivity contribution is 7.15. The summed E-state index contributed by atoms with van der Waals surface area (Å²) in [6.07, 6.45) is 5.61. The molecule has 4 aromatic rings. The molecular weight excluding hydrogens is 266 g/mol. The quantitative estimate of drug-likeness (QED) is 0.524. The van der Waals surface area contributed by atoms with E-state index in [0.29, 0.717) is 0 Å². The number of thiophene rings is 1. The number of nitrogens with zero attached hydrogens (tertiary/aromatic N) is 3. The lowest BCUT2D eigenvalue weighted by molar-refractivity contribution is 0.970. The summed E-state index contributed by atoms with van der Waals surface area (Å²) in [5, 5.41) is 2.33. The third-order valence-corrected chi connectivity index (χ3v) is 4.68. The van der Waals surface area contributed by atoms with Gasteiger partial charge >= 0.3 is 0 Å². The number of aromatic nitrogens is 3. The molecule has 0 amide bonds. The van der Waals surface area contributed by atoms with Crippen LogP contribution in [0.3, 0.4) is 0 Å². The lowest BCUT2D eigenvalue weighted by atomic mass is 10.1. The van der Waals surface area contributed by atoms with Crippen molar-refractivity contribution in [3.8, 4) is 10.4 Å². The first kappa shape index (κ1) is 11.6. The van der Waals surface area contributed by atoms with Crippen LogP contribution in [0.15, 0.2) is 43.0 Å². The first-order valence-corrected chi connectivity index (χ1v) is 7.30. The largest absolute Gasteiger partial charge is 0.350 e. The van der Waals surface area contributed by atoms with Crippen LogP contribution in [0.25, 0.3) is 32.2 Å². The van der Waals surface area contributed by atoms with Gasteiger partial charge in [-0.15, -0.1) is 11.3 Å². The smallest absolute Gasteiger partial charge is 0.116 e. The molecule has 3 nitrogen and oxygen atoms in total. The summed E-state index contributed by atoms with van der Waals surface area (Å²) in [5.74, 6) is 0. The van der Waals surface area contributed by atoms with E-state index in [1.165, 1.54) is 26.2 Å². The van der Waals surface area contributed by atoms with E-state index in [4.69, 9.17) is 0 Å². The SMILES string of the molecule is Cc1ccc(-c2cc3ncncc3c3ccn(C)c23)s1. The number of rotatable bonds is 1. The second-order valence-corrected chi connectivity index (χ2v) is 6.27. The lowest BCUT2D eigenvalue weighted by Crippen LogP contribution is -1.90. The molecule has 0 spiro atoms. The van der Waals surface area contributed by atoms with E-state index in [9.17, 15) is 0 Å². The maximum Gasteiger partial charge on any atom is 0.116 e. The molecule has 98 valence electrons. The van der Waals surface area contributed by atoms with Crippen molar-refractivity contribution in [1.82, 2.24) is 14.5 Å². The van der Waals surface area contributed by atoms with Crippen molar-refractivity contribution in [2.24, 2.45) is 7.05 Å². The van der Waals surface area contributed by atoms with Crippen LogP contribution in [-0.4, -0.2) is 14.5 Å². The molecule has 3 heterocycles. The van der Waals surface area contributed by atoms with Gasteiger partial charge in [-0.1, -0.05) is 0 Å². The van der Waals surface area contributed by atoms with Gasteiger partial charge in [0.2, 0.25) is 0 Å². The minimum atomic E-state index is 1.000. The summed E-state index contributed by atoms with van der Waals surface area (Å²) >= 11 is 1.82. The lowest BCUT2D eigenvalue weighted by Gasteiger charge is -2.07. The van der Waals surface area contributed by atoms with Gasteiger partial charge in [0.1, 0.15) is 6.33 Å². The third-order valence-electron chi connectivity index (χ3n) is 3.65. The molecule has 0 bridgehead atoms. The van der Waals surface area contributed by atoms with Crippen molar-refractivity contribution in [2.45, 2.75) is 6.92 Å². The maximum atomic E-state index is 4.42. The van der Waals surface area contributed by atoms with Crippen molar-refractivity contribution < 1.29 is 0 Å². The summed E-state index contributed by atoms with van der Waals surface area (Å²) in [6.45, 7) is 2.14. The third kappa shape index (κ3) is 1.58. The maximum absolute atomic E-state index is 4.42. The number of hydrogen-bond donors (Lipinski definition) is 0. The van der Waals surface area contributed by atoms with Gasteiger partial charge in [-0.3, -0.25) is 0 Å². The summed E-state index contributed by atoms with van der Waals surface area (Å²) in [5.41, 5.74) is 3.49. The van der Waals surface area contributed by atoms with Gasteiger partial charge in [0.05, 0.1) is 11.0 Å². The zero-order valence-corrected chi connectivity index (χ0v) is 12.1. The van der Waals surface area contributed by atoms with Crippen LogP contribution in [0, 0.1) is 6.92 Å². The second-order valence-electron chi connectivity index (χ2n) is 4.98. The van der Waals surface area contributed by atoms with Gasteiger partial charge in [0.15, 0.2) is 0 Å². The molecule has 0 fully saturated rings. The predicted octanol–water partition coefficient (Wildman–Crippen LogP) is 4.16. The van der Waals surface area contributed by atoms with Crippen LogP contribution in [-0.2, 0) is 7.05 Å². The molecule has 0 aliphatic heterocycles. The molecule has 0 radical (unpaired) electrons. The highest BCUT2D eigenvalue weighted by Gasteiger charge is 2.13. The van der Waals surface area contributed by atoms with Gasteiger partial charge in [-0.2, -0.15) is 0 Å². The Morgan fingerprint density at radius 2 is 2.05 bits per heavy atom. The molecule has 4 rings (SSSR count). The van der Waals surface area contributed by atoms with E-state index in [1.54, 1.807) is 6.33 Å². The van der Waals surface area contributed by atoms with Crippen molar-refractivity contribution in [3.05, 3.63) is 47.9 Å². The van der Waals surface area contributed by atoms with Gasteiger partial charge in [0, 0.05) is 45.5 Å².